The second kappa shape index (κ2) is 9.75. The van der Waals surface area contributed by atoms with E-state index in [2.05, 4.69) is 41.3 Å². The predicted octanol–water partition coefficient (Wildman–Crippen LogP) is 5.75. The van der Waals surface area contributed by atoms with Crippen LogP contribution in [0.2, 0.25) is 0 Å². The normalized spacial score (nSPS) is 11.1. The Kier molecular flexibility index (Phi) is 6.62. The van der Waals surface area contributed by atoms with Crippen LogP contribution in [0.5, 0.6) is 17.2 Å². The van der Waals surface area contributed by atoms with Gasteiger partial charge in [-0.25, -0.2) is 0 Å². The first-order valence-electron chi connectivity index (χ1n) is 10.8. The minimum Gasteiger partial charge on any atom is -0.508 e. The first-order chi connectivity index (χ1) is 15.5. The molecular formula is C28H29NO3. The van der Waals surface area contributed by atoms with Crippen LogP contribution in [0.1, 0.15) is 11.1 Å². The zero-order chi connectivity index (χ0) is 22.5. The van der Waals surface area contributed by atoms with Gasteiger partial charge in [0.15, 0.2) is 0 Å². The average Bonchev–Trinajstić information content (AvgIpc) is 2.80. The summed E-state index contributed by atoms with van der Waals surface area (Å²) in [6.07, 6.45) is 0.770. The molecule has 0 aromatic heterocycles. The van der Waals surface area contributed by atoms with Crippen molar-refractivity contribution in [2.75, 3.05) is 34.4 Å². The molecule has 4 nitrogen and oxygen atoms in total. The number of benzene rings is 4. The molecular weight excluding hydrogens is 398 g/mol. The summed E-state index contributed by atoms with van der Waals surface area (Å²) in [5.74, 6) is 1.99. The summed E-state index contributed by atoms with van der Waals surface area (Å²) >= 11 is 0. The number of likely N-dealkylation sites (N-methyl/N-ethyl adjacent to an activating group) is 1. The van der Waals surface area contributed by atoms with Gasteiger partial charge in [-0.1, -0.05) is 42.5 Å². The summed E-state index contributed by atoms with van der Waals surface area (Å²) in [5, 5.41) is 12.1. The molecule has 0 aliphatic heterocycles. The van der Waals surface area contributed by atoms with Crippen LogP contribution < -0.4 is 9.47 Å². The summed E-state index contributed by atoms with van der Waals surface area (Å²) in [7, 11) is 5.76. The fraction of sp³-hybridized carbons (Fsp3) is 0.214. The maximum absolute atomic E-state index is 9.97. The molecule has 164 valence electrons. The molecule has 4 heteroatoms. The largest absolute Gasteiger partial charge is 0.508 e. The molecule has 0 spiro atoms. The molecule has 0 bridgehead atoms. The first-order valence-corrected chi connectivity index (χ1v) is 10.8. The zero-order valence-electron chi connectivity index (χ0n) is 18.8. The van der Waals surface area contributed by atoms with Crippen LogP contribution in [0, 0.1) is 0 Å². The zero-order valence-corrected chi connectivity index (χ0v) is 18.8. The summed E-state index contributed by atoms with van der Waals surface area (Å²) < 4.78 is 11.3. The van der Waals surface area contributed by atoms with Crippen molar-refractivity contribution in [3.63, 3.8) is 0 Å². The van der Waals surface area contributed by atoms with E-state index in [1.54, 1.807) is 13.2 Å². The smallest absolute Gasteiger partial charge is 0.119 e. The highest BCUT2D eigenvalue weighted by Crippen LogP contribution is 2.35. The van der Waals surface area contributed by atoms with Gasteiger partial charge in [0.2, 0.25) is 0 Å². The molecule has 0 aliphatic carbocycles. The van der Waals surface area contributed by atoms with E-state index in [0.717, 1.165) is 46.4 Å². The Bertz CT molecular complexity index is 1200. The van der Waals surface area contributed by atoms with E-state index >= 15 is 0 Å². The van der Waals surface area contributed by atoms with Crippen molar-refractivity contribution in [2.24, 2.45) is 0 Å². The van der Waals surface area contributed by atoms with Crippen molar-refractivity contribution in [2.45, 2.75) is 6.42 Å². The molecule has 0 amide bonds. The Balaban J connectivity index is 1.70. The lowest BCUT2D eigenvalue weighted by Gasteiger charge is -2.15. The van der Waals surface area contributed by atoms with Crippen molar-refractivity contribution >= 4 is 10.8 Å². The van der Waals surface area contributed by atoms with Crippen LogP contribution in [0.4, 0.5) is 0 Å². The molecule has 4 aromatic rings. The molecule has 4 aromatic carbocycles. The minimum atomic E-state index is 0.275. The van der Waals surface area contributed by atoms with E-state index in [0.29, 0.717) is 6.61 Å². The second-order valence-corrected chi connectivity index (χ2v) is 8.20. The van der Waals surface area contributed by atoms with Gasteiger partial charge in [-0.15, -0.1) is 0 Å². The van der Waals surface area contributed by atoms with Crippen LogP contribution in [0.25, 0.3) is 21.9 Å². The lowest BCUT2D eigenvalue weighted by molar-refractivity contribution is 0.261. The van der Waals surface area contributed by atoms with E-state index in [1.807, 2.05) is 50.5 Å². The lowest BCUT2D eigenvalue weighted by atomic mass is 9.90. The molecule has 0 unspecified atom stereocenters. The number of hydrogen-bond acceptors (Lipinski definition) is 4. The monoisotopic (exact) mass is 427 g/mol. The van der Waals surface area contributed by atoms with Crippen molar-refractivity contribution in [1.29, 1.82) is 0 Å². The summed E-state index contributed by atoms with van der Waals surface area (Å²) in [5.41, 5.74) is 4.69. The molecule has 32 heavy (non-hydrogen) atoms. The number of rotatable bonds is 8. The van der Waals surface area contributed by atoms with Crippen LogP contribution in [-0.2, 0) is 6.42 Å². The molecule has 0 heterocycles. The van der Waals surface area contributed by atoms with Crippen molar-refractivity contribution in [3.05, 3.63) is 90.0 Å². The Morgan fingerprint density at radius 1 is 0.844 bits per heavy atom. The fourth-order valence-corrected chi connectivity index (χ4v) is 3.89. The Morgan fingerprint density at radius 2 is 1.66 bits per heavy atom. The minimum absolute atomic E-state index is 0.275. The van der Waals surface area contributed by atoms with E-state index < -0.39 is 0 Å². The van der Waals surface area contributed by atoms with Gasteiger partial charge in [-0.05, 0) is 89.9 Å². The SMILES string of the molecule is COc1cccc(-c2ccc3cc(O)ccc3c2Cc2ccc(OCCN(C)C)cc2)c1. The summed E-state index contributed by atoms with van der Waals surface area (Å²) in [4.78, 5) is 2.10. The molecule has 0 fully saturated rings. The average molecular weight is 428 g/mol. The lowest BCUT2D eigenvalue weighted by Crippen LogP contribution is -2.19. The van der Waals surface area contributed by atoms with Gasteiger partial charge in [0, 0.05) is 6.54 Å². The molecule has 0 atom stereocenters. The maximum atomic E-state index is 9.97. The standard InChI is InChI=1S/C28H29NO3/c1-29(2)15-16-32-24-11-7-20(8-12-24)17-28-26(21-5-4-6-25(19-21)31-3)13-9-22-18-23(30)10-14-27(22)28/h4-14,18-19,30H,15-17H2,1-3H3. The number of nitrogens with zero attached hydrogens (tertiary/aromatic N) is 1. The number of fused-ring (bicyclic) bond motifs is 1. The Morgan fingerprint density at radius 3 is 2.41 bits per heavy atom. The number of ether oxygens (including phenoxy) is 2. The van der Waals surface area contributed by atoms with Crippen LogP contribution in [0.15, 0.2) is 78.9 Å². The summed E-state index contributed by atoms with van der Waals surface area (Å²) in [6, 6.07) is 26.2. The summed E-state index contributed by atoms with van der Waals surface area (Å²) in [6.45, 7) is 1.55. The van der Waals surface area contributed by atoms with E-state index in [-0.39, 0.29) is 5.75 Å². The molecule has 0 saturated heterocycles. The first kappa shape index (κ1) is 21.7. The van der Waals surface area contributed by atoms with Gasteiger partial charge in [-0.3, -0.25) is 0 Å². The maximum Gasteiger partial charge on any atom is 0.119 e. The van der Waals surface area contributed by atoms with E-state index in [4.69, 9.17) is 9.47 Å². The molecule has 0 aliphatic rings. The van der Waals surface area contributed by atoms with Gasteiger partial charge < -0.3 is 19.5 Å². The molecule has 4 rings (SSSR count). The highest BCUT2D eigenvalue weighted by Gasteiger charge is 2.12. The third-order valence-electron chi connectivity index (χ3n) is 5.61. The van der Waals surface area contributed by atoms with E-state index in [9.17, 15) is 5.11 Å². The quantitative estimate of drug-likeness (QED) is 0.389. The number of hydrogen-bond donors (Lipinski definition) is 1. The topological polar surface area (TPSA) is 41.9 Å². The van der Waals surface area contributed by atoms with E-state index in [1.165, 1.54) is 11.1 Å². The van der Waals surface area contributed by atoms with Gasteiger partial charge in [0.25, 0.3) is 0 Å². The highest BCUT2D eigenvalue weighted by atomic mass is 16.5. The van der Waals surface area contributed by atoms with Gasteiger partial charge in [-0.2, -0.15) is 0 Å². The third kappa shape index (κ3) is 5.04. The second-order valence-electron chi connectivity index (χ2n) is 8.20. The van der Waals surface area contributed by atoms with Crippen LogP contribution >= 0.6 is 0 Å². The number of phenolic OH excluding ortho intramolecular Hbond substituents is 1. The van der Waals surface area contributed by atoms with Crippen molar-refractivity contribution < 1.29 is 14.6 Å². The van der Waals surface area contributed by atoms with Gasteiger partial charge >= 0.3 is 0 Å². The number of phenols is 1. The Hall–Kier alpha value is -3.50. The van der Waals surface area contributed by atoms with Crippen LogP contribution in [-0.4, -0.2) is 44.4 Å². The molecule has 0 radical (unpaired) electrons. The Labute approximate surface area is 189 Å². The van der Waals surface area contributed by atoms with Crippen molar-refractivity contribution in [3.8, 4) is 28.4 Å². The predicted molar refractivity (Wildman–Crippen MR) is 131 cm³/mol. The highest BCUT2D eigenvalue weighted by molar-refractivity contribution is 5.93. The van der Waals surface area contributed by atoms with Gasteiger partial charge in [0.1, 0.15) is 23.9 Å². The third-order valence-corrected chi connectivity index (χ3v) is 5.61. The fourth-order valence-electron chi connectivity index (χ4n) is 3.89. The molecule has 0 saturated carbocycles. The van der Waals surface area contributed by atoms with Crippen LogP contribution in [0.3, 0.4) is 0 Å². The van der Waals surface area contributed by atoms with Gasteiger partial charge in [0.05, 0.1) is 7.11 Å². The number of aromatic hydroxyl groups is 1. The number of methoxy groups -OCH3 is 1. The molecule has 1 N–H and O–H groups in total. The van der Waals surface area contributed by atoms with Crippen molar-refractivity contribution in [1.82, 2.24) is 4.90 Å².